The molecule has 18 heavy (non-hydrogen) atoms. The summed E-state index contributed by atoms with van der Waals surface area (Å²) in [5.74, 6) is -1.59. The van der Waals surface area contributed by atoms with E-state index in [1.54, 1.807) is 13.0 Å². The lowest BCUT2D eigenvalue weighted by molar-refractivity contribution is -0.147. The van der Waals surface area contributed by atoms with Gasteiger partial charge in [0, 0.05) is 5.69 Å². The summed E-state index contributed by atoms with van der Waals surface area (Å²) in [7, 11) is 0. The quantitative estimate of drug-likeness (QED) is 0.840. The fraction of sp³-hybridized carbons (Fsp3) is 0.333. The number of aryl methyl sites for hydroxylation is 1. The van der Waals surface area contributed by atoms with Crippen LogP contribution in [0.5, 0.6) is 0 Å². The van der Waals surface area contributed by atoms with Crippen LogP contribution in [0.3, 0.4) is 0 Å². The van der Waals surface area contributed by atoms with E-state index in [4.69, 9.17) is 28.3 Å². The number of hydrogen-bond donors (Lipinski definition) is 2. The molecule has 1 aromatic rings. The number of halogens is 2. The van der Waals surface area contributed by atoms with Crippen molar-refractivity contribution in [2.45, 2.75) is 19.8 Å². The summed E-state index contributed by atoms with van der Waals surface area (Å²) < 4.78 is 0. The highest BCUT2D eigenvalue weighted by atomic mass is 35.5. The zero-order valence-electron chi connectivity index (χ0n) is 9.59. The van der Waals surface area contributed by atoms with Crippen LogP contribution in [-0.4, -0.2) is 17.0 Å². The Morgan fingerprint density at radius 1 is 1.28 bits per heavy atom. The monoisotopic (exact) mass is 287 g/mol. The number of hydrogen-bond acceptors (Lipinski definition) is 2. The zero-order valence-corrected chi connectivity index (χ0v) is 11.1. The van der Waals surface area contributed by atoms with Crippen molar-refractivity contribution in [3.05, 3.63) is 27.7 Å². The molecule has 2 rings (SSSR count). The van der Waals surface area contributed by atoms with Crippen molar-refractivity contribution in [3.63, 3.8) is 0 Å². The lowest BCUT2D eigenvalue weighted by Gasteiger charge is -2.13. The van der Waals surface area contributed by atoms with Crippen molar-refractivity contribution in [1.82, 2.24) is 0 Å². The van der Waals surface area contributed by atoms with Gasteiger partial charge in [-0.15, -0.1) is 0 Å². The fourth-order valence-electron chi connectivity index (χ4n) is 1.69. The first kappa shape index (κ1) is 13.2. The van der Waals surface area contributed by atoms with Gasteiger partial charge in [-0.05, 0) is 37.5 Å². The Morgan fingerprint density at radius 2 is 1.83 bits per heavy atom. The van der Waals surface area contributed by atoms with Crippen LogP contribution in [0.15, 0.2) is 12.1 Å². The SMILES string of the molecule is Cc1cc(Cl)c(Cl)cc1NC(=O)C1(C(=O)O)CC1. The molecule has 1 amide bonds. The average molecular weight is 288 g/mol. The third kappa shape index (κ3) is 2.18. The molecule has 0 spiro atoms. The van der Waals surface area contributed by atoms with Gasteiger partial charge in [-0.2, -0.15) is 0 Å². The number of benzene rings is 1. The Bertz CT molecular complexity index is 538. The second kappa shape index (κ2) is 4.44. The van der Waals surface area contributed by atoms with Gasteiger partial charge in [0.05, 0.1) is 10.0 Å². The summed E-state index contributed by atoms with van der Waals surface area (Å²) >= 11 is 11.7. The third-order valence-electron chi connectivity index (χ3n) is 3.11. The molecule has 0 saturated heterocycles. The van der Waals surface area contributed by atoms with E-state index in [2.05, 4.69) is 5.32 Å². The number of rotatable bonds is 3. The van der Waals surface area contributed by atoms with Crippen molar-refractivity contribution >= 4 is 40.8 Å². The molecular formula is C12H11Cl2NO3. The number of carboxylic acids is 1. The van der Waals surface area contributed by atoms with Gasteiger partial charge in [0.2, 0.25) is 5.91 Å². The van der Waals surface area contributed by atoms with Gasteiger partial charge in [-0.3, -0.25) is 9.59 Å². The molecule has 1 fully saturated rings. The van der Waals surface area contributed by atoms with E-state index < -0.39 is 17.3 Å². The average Bonchev–Trinajstić information content (AvgIpc) is 3.06. The first-order chi connectivity index (χ1) is 8.36. The molecule has 1 aromatic carbocycles. The fourth-order valence-corrected chi connectivity index (χ4v) is 2.07. The molecule has 2 N–H and O–H groups in total. The van der Waals surface area contributed by atoms with E-state index in [0.29, 0.717) is 28.6 Å². The van der Waals surface area contributed by atoms with Crippen LogP contribution in [0.4, 0.5) is 5.69 Å². The Kier molecular flexibility index (Phi) is 3.25. The second-order valence-electron chi connectivity index (χ2n) is 4.42. The van der Waals surface area contributed by atoms with Crippen molar-refractivity contribution in [2.75, 3.05) is 5.32 Å². The number of anilines is 1. The van der Waals surface area contributed by atoms with Gasteiger partial charge in [0.25, 0.3) is 0 Å². The molecule has 0 aliphatic heterocycles. The van der Waals surface area contributed by atoms with Crippen molar-refractivity contribution in [2.24, 2.45) is 5.41 Å². The zero-order chi connectivity index (χ0) is 13.5. The van der Waals surface area contributed by atoms with Crippen LogP contribution in [0, 0.1) is 12.3 Å². The lowest BCUT2D eigenvalue weighted by atomic mass is 10.1. The molecule has 1 aliphatic rings. The highest BCUT2D eigenvalue weighted by Crippen LogP contribution is 2.47. The summed E-state index contributed by atoms with van der Waals surface area (Å²) in [4.78, 5) is 22.9. The van der Waals surface area contributed by atoms with Gasteiger partial charge in [0.15, 0.2) is 0 Å². The Labute approximate surface area is 114 Å². The standard InChI is InChI=1S/C12H11Cl2NO3/c1-6-4-7(13)8(14)5-9(6)15-10(16)12(2-3-12)11(17)18/h4-5H,2-3H2,1H3,(H,15,16)(H,17,18). The molecular weight excluding hydrogens is 277 g/mol. The number of carbonyl (C=O) groups is 2. The second-order valence-corrected chi connectivity index (χ2v) is 5.24. The normalized spacial score (nSPS) is 16.2. The molecule has 6 heteroatoms. The number of amides is 1. The van der Waals surface area contributed by atoms with Crippen LogP contribution in [0.1, 0.15) is 18.4 Å². The van der Waals surface area contributed by atoms with Crippen LogP contribution >= 0.6 is 23.2 Å². The maximum Gasteiger partial charge on any atom is 0.319 e. The van der Waals surface area contributed by atoms with E-state index in [1.807, 2.05) is 0 Å². The van der Waals surface area contributed by atoms with Gasteiger partial charge in [0.1, 0.15) is 5.41 Å². The number of aliphatic carboxylic acids is 1. The first-order valence-electron chi connectivity index (χ1n) is 5.37. The smallest absolute Gasteiger partial charge is 0.319 e. The maximum atomic E-state index is 11.9. The minimum absolute atomic E-state index is 0.317. The van der Waals surface area contributed by atoms with Crippen LogP contribution < -0.4 is 5.32 Å². The molecule has 1 aliphatic carbocycles. The Balaban J connectivity index is 2.23. The summed E-state index contributed by atoms with van der Waals surface area (Å²) in [6.45, 7) is 1.76. The first-order valence-corrected chi connectivity index (χ1v) is 6.13. The highest BCUT2D eigenvalue weighted by molar-refractivity contribution is 6.42. The van der Waals surface area contributed by atoms with Crippen LogP contribution in [0.2, 0.25) is 10.0 Å². The number of carbonyl (C=O) groups excluding carboxylic acids is 1. The summed E-state index contributed by atoms with van der Waals surface area (Å²) in [6, 6.07) is 3.15. The van der Waals surface area contributed by atoms with E-state index in [-0.39, 0.29) is 0 Å². The van der Waals surface area contributed by atoms with Crippen molar-refractivity contribution in [1.29, 1.82) is 0 Å². The molecule has 4 nitrogen and oxygen atoms in total. The van der Waals surface area contributed by atoms with E-state index in [0.717, 1.165) is 5.56 Å². The maximum absolute atomic E-state index is 11.9. The van der Waals surface area contributed by atoms with Crippen LogP contribution in [0.25, 0.3) is 0 Å². The van der Waals surface area contributed by atoms with Gasteiger partial charge in [-0.1, -0.05) is 23.2 Å². The third-order valence-corrected chi connectivity index (χ3v) is 3.83. The summed E-state index contributed by atoms with van der Waals surface area (Å²) in [5, 5.41) is 12.3. The minimum Gasteiger partial charge on any atom is -0.480 e. The van der Waals surface area contributed by atoms with Gasteiger partial charge in [-0.25, -0.2) is 0 Å². The molecule has 0 heterocycles. The number of carboxylic acid groups (broad SMARTS) is 1. The van der Waals surface area contributed by atoms with Gasteiger partial charge >= 0.3 is 5.97 Å². The molecule has 0 unspecified atom stereocenters. The minimum atomic E-state index is -1.27. The van der Waals surface area contributed by atoms with Crippen molar-refractivity contribution in [3.8, 4) is 0 Å². The topological polar surface area (TPSA) is 66.4 Å². The Hall–Kier alpha value is -1.26. The molecule has 0 radical (unpaired) electrons. The van der Waals surface area contributed by atoms with Crippen molar-refractivity contribution < 1.29 is 14.7 Å². The van der Waals surface area contributed by atoms with E-state index in [9.17, 15) is 9.59 Å². The molecule has 0 atom stereocenters. The molecule has 0 aromatic heterocycles. The lowest BCUT2D eigenvalue weighted by Crippen LogP contribution is -2.31. The highest BCUT2D eigenvalue weighted by Gasteiger charge is 2.57. The predicted molar refractivity (Wildman–Crippen MR) is 69.1 cm³/mol. The van der Waals surface area contributed by atoms with E-state index >= 15 is 0 Å². The number of nitrogens with one attached hydrogen (secondary N) is 1. The molecule has 96 valence electrons. The summed E-state index contributed by atoms with van der Waals surface area (Å²) in [5.41, 5.74) is -0.0423. The predicted octanol–water partition coefficient (Wildman–Crippen LogP) is 3.11. The molecule has 0 bridgehead atoms. The van der Waals surface area contributed by atoms with Gasteiger partial charge < -0.3 is 10.4 Å². The largest absolute Gasteiger partial charge is 0.480 e. The Morgan fingerprint density at radius 3 is 2.33 bits per heavy atom. The summed E-state index contributed by atoms with van der Waals surface area (Å²) in [6.07, 6.45) is 0.739. The molecule has 1 saturated carbocycles. The van der Waals surface area contributed by atoms with E-state index in [1.165, 1.54) is 6.07 Å². The van der Waals surface area contributed by atoms with Crippen LogP contribution in [-0.2, 0) is 9.59 Å².